The van der Waals surface area contributed by atoms with Crippen LogP contribution in [0.5, 0.6) is 0 Å². The number of hydrogen-bond acceptors (Lipinski definition) is 6. The van der Waals surface area contributed by atoms with Crippen molar-refractivity contribution in [2.24, 2.45) is 0 Å². The normalized spacial score (nSPS) is 10.0. The number of aromatic nitrogens is 2. The average molecular weight is 305 g/mol. The number of carbonyl (C=O) groups excluding carboxylic acids is 1. The average Bonchev–Trinajstić information content (AvgIpc) is 3.03. The van der Waals surface area contributed by atoms with Crippen LogP contribution in [0.4, 0.5) is 0 Å². The van der Waals surface area contributed by atoms with Crippen LogP contribution in [0.1, 0.15) is 31.8 Å². The van der Waals surface area contributed by atoms with Crippen LogP contribution in [0, 0.1) is 25.7 Å². The van der Waals surface area contributed by atoms with Crippen LogP contribution in [0.2, 0.25) is 0 Å². The third-order valence-corrected chi connectivity index (χ3v) is 3.77. The van der Waals surface area contributed by atoms with Gasteiger partial charge < -0.3 is 14.9 Å². The molecular formula is C14H15N3O3S. The fraction of sp³-hybridized carbons (Fsp3) is 0.357. The molecule has 0 atom stereocenters. The Kier molecular flexibility index (Phi) is 5.09. The van der Waals surface area contributed by atoms with E-state index in [0.29, 0.717) is 29.6 Å². The molecule has 6 nitrogen and oxygen atoms in total. The zero-order chi connectivity index (χ0) is 15.2. The summed E-state index contributed by atoms with van der Waals surface area (Å²) in [6.45, 7) is 3.86. The molecular weight excluding hydrogens is 290 g/mol. The Morgan fingerprint density at radius 3 is 3.00 bits per heavy atom. The Morgan fingerprint density at radius 2 is 2.33 bits per heavy atom. The first-order chi connectivity index (χ1) is 10.1. The maximum atomic E-state index is 12.0. The molecule has 0 aromatic carbocycles. The molecule has 21 heavy (non-hydrogen) atoms. The molecule has 110 valence electrons. The van der Waals surface area contributed by atoms with Crippen LogP contribution in [0.25, 0.3) is 0 Å². The van der Waals surface area contributed by atoms with E-state index in [2.05, 4.69) is 27.3 Å². The molecule has 0 bridgehead atoms. The van der Waals surface area contributed by atoms with Gasteiger partial charge in [0.1, 0.15) is 6.61 Å². The highest BCUT2D eigenvalue weighted by Crippen LogP contribution is 2.20. The second-order valence-electron chi connectivity index (χ2n) is 4.32. The first-order valence-corrected chi connectivity index (χ1v) is 7.19. The summed E-state index contributed by atoms with van der Waals surface area (Å²) in [5.74, 6) is 6.34. The maximum absolute atomic E-state index is 12.0. The lowest BCUT2D eigenvalue weighted by Crippen LogP contribution is -2.24. The Morgan fingerprint density at radius 1 is 1.52 bits per heavy atom. The summed E-state index contributed by atoms with van der Waals surface area (Å²) < 4.78 is 4.97. The quantitative estimate of drug-likeness (QED) is 0.825. The molecule has 0 saturated heterocycles. The standard InChI is InChI=1S/C14H15N3O3S/c1-9-8-12(21-11(9)4-3-7-18)14(19)15-6-5-13-16-10(2)17-20-13/h8,18H,5-7H2,1-2H3,(H,15,19). The fourth-order valence-electron chi connectivity index (χ4n) is 1.65. The van der Waals surface area contributed by atoms with Gasteiger partial charge in [-0.05, 0) is 25.5 Å². The maximum Gasteiger partial charge on any atom is 0.261 e. The van der Waals surface area contributed by atoms with Crippen LogP contribution in [-0.4, -0.2) is 34.3 Å². The number of amides is 1. The summed E-state index contributed by atoms with van der Waals surface area (Å²) in [5.41, 5.74) is 0.929. The number of thiophene rings is 1. The Balaban J connectivity index is 1.91. The van der Waals surface area contributed by atoms with Crippen LogP contribution < -0.4 is 5.32 Å². The predicted octanol–water partition coefficient (Wildman–Crippen LogP) is 1.06. The van der Waals surface area contributed by atoms with Gasteiger partial charge in [-0.2, -0.15) is 4.98 Å². The summed E-state index contributed by atoms with van der Waals surface area (Å²) >= 11 is 1.31. The molecule has 0 fully saturated rings. The van der Waals surface area contributed by atoms with Crippen molar-refractivity contribution in [3.8, 4) is 11.8 Å². The van der Waals surface area contributed by atoms with E-state index in [4.69, 9.17) is 9.63 Å². The molecule has 0 saturated carbocycles. The number of aliphatic hydroxyl groups excluding tert-OH is 1. The van der Waals surface area contributed by atoms with Crippen LogP contribution in [0.3, 0.4) is 0 Å². The molecule has 0 aliphatic carbocycles. The molecule has 0 aliphatic heterocycles. The third kappa shape index (κ3) is 4.15. The predicted molar refractivity (Wildman–Crippen MR) is 78.1 cm³/mol. The lowest BCUT2D eigenvalue weighted by molar-refractivity contribution is 0.0957. The topological polar surface area (TPSA) is 88.2 Å². The van der Waals surface area contributed by atoms with E-state index < -0.39 is 0 Å². The molecule has 2 N–H and O–H groups in total. The summed E-state index contributed by atoms with van der Waals surface area (Å²) in [6.07, 6.45) is 0.494. The Bertz CT molecular complexity index is 694. The summed E-state index contributed by atoms with van der Waals surface area (Å²) in [6, 6.07) is 1.79. The third-order valence-electron chi connectivity index (χ3n) is 2.62. The number of carbonyl (C=O) groups is 1. The van der Waals surface area contributed by atoms with Gasteiger partial charge in [0.2, 0.25) is 5.89 Å². The zero-order valence-corrected chi connectivity index (χ0v) is 12.6. The molecule has 0 radical (unpaired) electrons. The van der Waals surface area contributed by atoms with Crippen LogP contribution >= 0.6 is 11.3 Å². The highest BCUT2D eigenvalue weighted by atomic mass is 32.1. The molecule has 7 heteroatoms. The first-order valence-electron chi connectivity index (χ1n) is 6.37. The highest BCUT2D eigenvalue weighted by molar-refractivity contribution is 7.14. The van der Waals surface area contributed by atoms with Gasteiger partial charge in [-0.3, -0.25) is 4.79 Å². The van der Waals surface area contributed by atoms with Gasteiger partial charge in [0.05, 0.1) is 9.75 Å². The van der Waals surface area contributed by atoms with Gasteiger partial charge in [0.25, 0.3) is 5.91 Å². The summed E-state index contributed by atoms with van der Waals surface area (Å²) in [4.78, 5) is 17.5. The smallest absolute Gasteiger partial charge is 0.261 e. The summed E-state index contributed by atoms with van der Waals surface area (Å²) in [5, 5.41) is 15.2. The molecule has 2 rings (SSSR count). The Labute approximate surface area is 126 Å². The van der Waals surface area contributed by atoms with E-state index >= 15 is 0 Å². The largest absolute Gasteiger partial charge is 0.384 e. The molecule has 2 aromatic heterocycles. The lowest BCUT2D eigenvalue weighted by atomic mass is 10.2. The van der Waals surface area contributed by atoms with Gasteiger partial charge in [-0.1, -0.05) is 17.0 Å². The van der Waals surface area contributed by atoms with E-state index in [0.717, 1.165) is 10.4 Å². The van der Waals surface area contributed by atoms with E-state index in [-0.39, 0.29) is 12.5 Å². The number of aryl methyl sites for hydroxylation is 2. The van der Waals surface area contributed by atoms with Crippen molar-refractivity contribution in [3.05, 3.63) is 33.1 Å². The number of nitrogens with zero attached hydrogens (tertiary/aromatic N) is 2. The Hall–Kier alpha value is -2.17. The van der Waals surface area contributed by atoms with Crippen molar-refractivity contribution in [3.63, 3.8) is 0 Å². The zero-order valence-electron chi connectivity index (χ0n) is 11.8. The van der Waals surface area contributed by atoms with E-state index in [1.54, 1.807) is 13.0 Å². The van der Waals surface area contributed by atoms with Crippen molar-refractivity contribution < 1.29 is 14.4 Å². The monoisotopic (exact) mass is 305 g/mol. The number of hydrogen-bond donors (Lipinski definition) is 2. The fourth-order valence-corrected chi connectivity index (χ4v) is 2.61. The molecule has 2 heterocycles. The van der Waals surface area contributed by atoms with Crippen molar-refractivity contribution in [2.75, 3.05) is 13.2 Å². The highest BCUT2D eigenvalue weighted by Gasteiger charge is 2.11. The molecule has 1 amide bonds. The number of nitrogens with one attached hydrogen (secondary N) is 1. The van der Waals surface area contributed by atoms with Crippen LogP contribution in [0.15, 0.2) is 10.6 Å². The van der Waals surface area contributed by atoms with Crippen molar-refractivity contribution in [1.82, 2.24) is 15.5 Å². The van der Waals surface area contributed by atoms with Gasteiger partial charge in [-0.15, -0.1) is 11.3 Å². The second kappa shape index (κ2) is 7.02. The van der Waals surface area contributed by atoms with Gasteiger partial charge in [0, 0.05) is 13.0 Å². The van der Waals surface area contributed by atoms with Crippen molar-refractivity contribution in [2.45, 2.75) is 20.3 Å². The minimum Gasteiger partial charge on any atom is -0.384 e. The van der Waals surface area contributed by atoms with Crippen molar-refractivity contribution in [1.29, 1.82) is 0 Å². The minimum absolute atomic E-state index is 0.156. The molecule has 0 unspecified atom stereocenters. The van der Waals surface area contributed by atoms with Crippen LogP contribution in [-0.2, 0) is 6.42 Å². The summed E-state index contributed by atoms with van der Waals surface area (Å²) in [7, 11) is 0. The molecule has 0 aliphatic rings. The van der Waals surface area contributed by atoms with Gasteiger partial charge in [-0.25, -0.2) is 0 Å². The number of rotatable bonds is 4. The molecule has 2 aromatic rings. The first kappa shape index (κ1) is 15.2. The lowest BCUT2D eigenvalue weighted by Gasteiger charge is -2.00. The second-order valence-corrected chi connectivity index (χ2v) is 5.38. The van der Waals surface area contributed by atoms with E-state index in [1.165, 1.54) is 11.3 Å². The SMILES string of the molecule is Cc1noc(CCNC(=O)c2cc(C)c(C#CCO)s2)n1. The van der Waals surface area contributed by atoms with E-state index in [9.17, 15) is 4.79 Å². The van der Waals surface area contributed by atoms with Crippen molar-refractivity contribution >= 4 is 17.2 Å². The number of aliphatic hydroxyl groups is 1. The van der Waals surface area contributed by atoms with Gasteiger partial charge in [0.15, 0.2) is 5.82 Å². The van der Waals surface area contributed by atoms with E-state index in [1.807, 2.05) is 6.92 Å². The van der Waals surface area contributed by atoms with Gasteiger partial charge >= 0.3 is 0 Å². The molecule has 0 spiro atoms. The minimum atomic E-state index is -0.192.